The van der Waals surface area contributed by atoms with Crippen LogP contribution in [0.3, 0.4) is 0 Å². The summed E-state index contributed by atoms with van der Waals surface area (Å²) in [4.78, 5) is 25.6. The average Bonchev–Trinajstić information content (AvgIpc) is 2.31. The Balaban J connectivity index is 2.17. The molecule has 1 atom stereocenters. The maximum atomic E-state index is 11.5. The number of nitrogens with two attached hydrogens (primary N) is 1. The number of hydrogen-bond donors (Lipinski definition) is 3. The van der Waals surface area contributed by atoms with Crippen molar-refractivity contribution in [2.75, 3.05) is 17.6 Å². The van der Waals surface area contributed by atoms with E-state index in [1.165, 1.54) is 12.1 Å². The van der Waals surface area contributed by atoms with Crippen molar-refractivity contribution in [1.82, 2.24) is 10.3 Å². The summed E-state index contributed by atoms with van der Waals surface area (Å²) in [5.74, 6) is 0.153. The van der Waals surface area contributed by atoms with Gasteiger partial charge in [-0.05, 0) is 12.8 Å². The lowest BCUT2D eigenvalue weighted by molar-refractivity contribution is -0.384. The van der Waals surface area contributed by atoms with Gasteiger partial charge in [0.15, 0.2) is 0 Å². The molecule has 1 aliphatic heterocycles. The molecule has 2 heterocycles. The SMILES string of the molecule is Nc1cc([N+](=O)[O-])cc(NC2CCCNC2=O)n1. The maximum absolute atomic E-state index is 11.5. The highest BCUT2D eigenvalue weighted by Gasteiger charge is 2.22. The lowest BCUT2D eigenvalue weighted by Gasteiger charge is -2.23. The zero-order valence-electron chi connectivity index (χ0n) is 9.55. The second kappa shape index (κ2) is 4.86. The first kappa shape index (κ1) is 12.1. The largest absolute Gasteiger partial charge is 0.383 e. The second-order valence-corrected chi connectivity index (χ2v) is 4.02. The first-order valence-corrected chi connectivity index (χ1v) is 5.52. The van der Waals surface area contributed by atoms with Gasteiger partial charge < -0.3 is 16.4 Å². The summed E-state index contributed by atoms with van der Waals surface area (Å²) in [7, 11) is 0. The number of nitrogen functional groups attached to an aromatic ring is 1. The quantitative estimate of drug-likeness (QED) is 0.523. The molecule has 1 saturated heterocycles. The standard InChI is InChI=1S/C10H13N5O3/c11-8-4-6(15(17)18)5-9(14-8)13-7-2-1-3-12-10(7)16/h4-5,7H,1-3H2,(H,12,16)(H3,11,13,14). The molecule has 96 valence electrons. The lowest BCUT2D eigenvalue weighted by Crippen LogP contribution is -2.44. The van der Waals surface area contributed by atoms with Crippen LogP contribution in [0.15, 0.2) is 12.1 Å². The van der Waals surface area contributed by atoms with E-state index in [-0.39, 0.29) is 23.2 Å². The van der Waals surface area contributed by atoms with Crippen LogP contribution in [-0.4, -0.2) is 28.4 Å². The van der Waals surface area contributed by atoms with Crippen molar-refractivity contribution in [3.8, 4) is 0 Å². The van der Waals surface area contributed by atoms with Crippen LogP contribution in [0.2, 0.25) is 0 Å². The molecule has 8 nitrogen and oxygen atoms in total. The number of carbonyl (C=O) groups excluding carboxylic acids is 1. The number of anilines is 2. The third-order valence-electron chi connectivity index (χ3n) is 2.65. The number of amides is 1. The Morgan fingerprint density at radius 1 is 1.56 bits per heavy atom. The van der Waals surface area contributed by atoms with Crippen LogP contribution in [0.5, 0.6) is 0 Å². The Morgan fingerprint density at radius 3 is 3.00 bits per heavy atom. The van der Waals surface area contributed by atoms with Crippen LogP contribution in [-0.2, 0) is 4.79 Å². The van der Waals surface area contributed by atoms with Crippen LogP contribution in [0.25, 0.3) is 0 Å². The fourth-order valence-corrected chi connectivity index (χ4v) is 1.80. The summed E-state index contributed by atoms with van der Waals surface area (Å²) in [6.07, 6.45) is 1.52. The molecule has 1 fully saturated rings. The summed E-state index contributed by atoms with van der Waals surface area (Å²) in [6, 6.07) is 2.01. The summed E-state index contributed by atoms with van der Waals surface area (Å²) >= 11 is 0. The number of rotatable bonds is 3. The van der Waals surface area contributed by atoms with E-state index >= 15 is 0 Å². The molecule has 0 bridgehead atoms. The lowest BCUT2D eigenvalue weighted by atomic mass is 10.1. The maximum Gasteiger partial charge on any atom is 0.276 e. The molecule has 4 N–H and O–H groups in total. The van der Waals surface area contributed by atoms with Gasteiger partial charge in [-0.2, -0.15) is 0 Å². The molecule has 0 aliphatic carbocycles. The number of nitrogens with one attached hydrogen (secondary N) is 2. The van der Waals surface area contributed by atoms with E-state index in [2.05, 4.69) is 15.6 Å². The van der Waals surface area contributed by atoms with Gasteiger partial charge in [0, 0.05) is 6.54 Å². The number of carbonyl (C=O) groups is 1. The van der Waals surface area contributed by atoms with Crippen molar-refractivity contribution < 1.29 is 9.72 Å². The molecular formula is C10H13N5O3. The van der Waals surface area contributed by atoms with E-state index in [0.717, 1.165) is 6.42 Å². The van der Waals surface area contributed by atoms with Gasteiger partial charge in [0.05, 0.1) is 17.1 Å². The normalized spacial score (nSPS) is 19.1. The number of hydrogen-bond acceptors (Lipinski definition) is 6. The zero-order chi connectivity index (χ0) is 13.1. The van der Waals surface area contributed by atoms with Gasteiger partial charge in [-0.1, -0.05) is 0 Å². The minimum atomic E-state index is -0.551. The van der Waals surface area contributed by atoms with Crippen LogP contribution in [0, 0.1) is 10.1 Å². The highest BCUT2D eigenvalue weighted by molar-refractivity contribution is 5.85. The Hall–Kier alpha value is -2.38. The van der Waals surface area contributed by atoms with Gasteiger partial charge in [0.2, 0.25) is 5.91 Å². The van der Waals surface area contributed by atoms with Gasteiger partial charge in [0.1, 0.15) is 17.7 Å². The Morgan fingerprint density at radius 2 is 2.33 bits per heavy atom. The molecule has 18 heavy (non-hydrogen) atoms. The number of aromatic nitrogens is 1. The minimum Gasteiger partial charge on any atom is -0.383 e. The molecule has 0 spiro atoms. The highest BCUT2D eigenvalue weighted by atomic mass is 16.6. The monoisotopic (exact) mass is 251 g/mol. The number of nitrogens with zero attached hydrogens (tertiary/aromatic N) is 2. The van der Waals surface area contributed by atoms with E-state index in [1.54, 1.807) is 0 Å². The molecule has 1 aromatic rings. The predicted octanol–water partition coefficient (Wildman–Crippen LogP) is 0.262. The molecule has 1 amide bonds. The van der Waals surface area contributed by atoms with Crippen molar-refractivity contribution in [1.29, 1.82) is 0 Å². The van der Waals surface area contributed by atoms with Gasteiger partial charge in [-0.15, -0.1) is 0 Å². The van der Waals surface area contributed by atoms with E-state index in [9.17, 15) is 14.9 Å². The number of pyridine rings is 1. The van der Waals surface area contributed by atoms with E-state index in [1.807, 2.05) is 0 Å². The van der Waals surface area contributed by atoms with Crippen molar-refractivity contribution in [3.05, 3.63) is 22.2 Å². The Labute approximate surface area is 103 Å². The highest BCUT2D eigenvalue weighted by Crippen LogP contribution is 2.20. The fourth-order valence-electron chi connectivity index (χ4n) is 1.80. The molecule has 1 unspecified atom stereocenters. The average molecular weight is 251 g/mol. The van der Waals surface area contributed by atoms with Crippen LogP contribution < -0.4 is 16.4 Å². The zero-order valence-corrected chi connectivity index (χ0v) is 9.55. The van der Waals surface area contributed by atoms with E-state index in [0.29, 0.717) is 13.0 Å². The summed E-state index contributed by atoms with van der Waals surface area (Å²) in [6.45, 7) is 0.654. The summed E-state index contributed by atoms with van der Waals surface area (Å²) < 4.78 is 0. The van der Waals surface area contributed by atoms with Crippen molar-refractivity contribution in [2.45, 2.75) is 18.9 Å². The Kier molecular flexibility index (Phi) is 3.26. The third-order valence-corrected chi connectivity index (χ3v) is 2.65. The molecule has 2 rings (SSSR count). The van der Waals surface area contributed by atoms with E-state index < -0.39 is 11.0 Å². The van der Waals surface area contributed by atoms with Crippen molar-refractivity contribution >= 4 is 23.2 Å². The molecule has 0 saturated carbocycles. The first-order valence-electron chi connectivity index (χ1n) is 5.52. The molecule has 1 aliphatic rings. The smallest absolute Gasteiger partial charge is 0.276 e. The third kappa shape index (κ3) is 2.65. The van der Waals surface area contributed by atoms with Crippen LogP contribution in [0.1, 0.15) is 12.8 Å². The molecule has 0 radical (unpaired) electrons. The van der Waals surface area contributed by atoms with Gasteiger partial charge in [-0.3, -0.25) is 14.9 Å². The van der Waals surface area contributed by atoms with Crippen molar-refractivity contribution in [3.63, 3.8) is 0 Å². The minimum absolute atomic E-state index is 0.0444. The summed E-state index contributed by atoms with van der Waals surface area (Å²) in [5.41, 5.74) is 5.33. The van der Waals surface area contributed by atoms with Gasteiger partial charge >= 0.3 is 0 Å². The van der Waals surface area contributed by atoms with Crippen LogP contribution >= 0.6 is 0 Å². The fraction of sp³-hybridized carbons (Fsp3) is 0.400. The predicted molar refractivity (Wildman–Crippen MR) is 65.0 cm³/mol. The van der Waals surface area contributed by atoms with E-state index in [4.69, 9.17) is 5.73 Å². The number of nitro groups is 1. The van der Waals surface area contributed by atoms with Crippen LogP contribution in [0.4, 0.5) is 17.3 Å². The number of piperidine rings is 1. The molecule has 0 aromatic carbocycles. The first-order chi connectivity index (χ1) is 8.56. The van der Waals surface area contributed by atoms with Crippen molar-refractivity contribution in [2.24, 2.45) is 0 Å². The van der Waals surface area contributed by atoms with Gasteiger partial charge in [-0.25, -0.2) is 4.98 Å². The molecule has 1 aromatic heterocycles. The van der Waals surface area contributed by atoms with Gasteiger partial charge in [0.25, 0.3) is 5.69 Å². The Bertz CT molecular complexity index is 490. The molecular weight excluding hydrogens is 238 g/mol. The topological polar surface area (TPSA) is 123 Å². The second-order valence-electron chi connectivity index (χ2n) is 4.02. The molecule has 8 heteroatoms. The summed E-state index contributed by atoms with van der Waals surface area (Å²) in [5, 5.41) is 16.2.